The quantitative estimate of drug-likeness (QED) is 0.414. The van der Waals surface area contributed by atoms with Crippen LogP contribution in [0.2, 0.25) is 0 Å². The second-order valence-electron chi connectivity index (χ2n) is 4.75. The minimum atomic E-state index is 0. The molecule has 0 aliphatic carbocycles. The van der Waals surface area contributed by atoms with E-state index in [1.54, 1.807) is 22.7 Å². The van der Waals surface area contributed by atoms with E-state index >= 15 is 0 Å². The van der Waals surface area contributed by atoms with Crippen LogP contribution in [0.1, 0.15) is 35.6 Å². The minimum absolute atomic E-state index is 0. The number of nitrogens with one attached hydrogen (secondary N) is 2. The molecule has 2 N–H and O–H groups in total. The van der Waals surface area contributed by atoms with Crippen LogP contribution in [0.15, 0.2) is 40.0 Å². The highest BCUT2D eigenvalue weighted by Gasteiger charge is 2.10. The molecule has 0 bridgehead atoms. The van der Waals surface area contributed by atoms with Crippen molar-refractivity contribution in [2.24, 2.45) is 4.99 Å². The molecular weight excluding hydrogens is 413 g/mol. The van der Waals surface area contributed by atoms with Gasteiger partial charge in [0.15, 0.2) is 5.96 Å². The third-order valence-electron chi connectivity index (χ3n) is 3.15. The zero-order valence-electron chi connectivity index (χ0n) is 12.5. The third kappa shape index (κ3) is 5.60. The van der Waals surface area contributed by atoms with Crippen molar-refractivity contribution in [3.8, 4) is 0 Å². The van der Waals surface area contributed by atoms with Gasteiger partial charge in [-0.1, -0.05) is 19.1 Å². The highest BCUT2D eigenvalue weighted by molar-refractivity contribution is 14.0. The second kappa shape index (κ2) is 9.42. The third-order valence-corrected chi connectivity index (χ3v) is 5.31. The molecule has 2 unspecified atom stereocenters. The SMILES string of the molecule is CN=C(NCC(C)c1cccs1)NC(C)c1cccs1.I. The predicted molar refractivity (Wildman–Crippen MR) is 105 cm³/mol. The van der Waals surface area contributed by atoms with Gasteiger partial charge in [-0.3, -0.25) is 4.99 Å². The average Bonchev–Trinajstić information content (AvgIpc) is 3.15. The summed E-state index contributed by atoms with van der Waals surface area (Å²) >= 11 is 3.57. The van der Waals surface area contributed by atoms with E-state index in [9.17, 15) is 0 Å². The van der Waals surface area contributed by atoms with Gasteiger partial charge in [0, 0.05) is 29.3 Å². The Morgan fingerprint density at radius 1 is 1.14 bits per heavy atom. The molecule has 0 aliphatic rings. The summed E-state index contributed by atoms with van der Waals surface area (Å²) < 4.78 is 0. The number of thiophene rings is 2. The molecule has 0 amide bonds. The van der Waals surface area contributed by atoms with Crippen LogP contribution in [0, 0.1) is 0 Å². The van der Waals surface area contributed by atoms with Crippen molar-refractivity contribution < 1.29 is 0 Å². The first-order chi connectivity index (χ1) is 9.70. The lowest BCUT2D eigenvalue weighted by molar-refractivity contribution is 0.668. The van der Waals surface area contributed by atoms with Crippen molar-refractivity contribution in [1.82, 2.24) is 10.6 Å². The molecule has 2 atom stereocenters. The fraction of sp³-hybridized carbons (Fsp3) is 0.400. The van der Waals surface area contributed by atoms with Crippen molar-refractivity contribution in [1.29, 1.82) is 0 Å². The van der Waals surface area contributed by atoms with Crippen LogP contribution in [0.3, 0.4) is 0 Å². The van der Waals surface area contributed by atoms with Crippen LogP contribution >= 0.6 is 46.7 Å². The molecule has 116 valence electrons. The molecule has 0 aliphatic heterocycles. The van der Waals surface area contributed by atoms with E-state index in [2.05, 4.69) is 64.5 Å². The van der Waals surface area contributed by atoms with Crippen LogP contribution in [-0.4, -0.2) is 19.6 Å². The van der Waals surface area contributed by atoms with Crippen LogP contribution in [0.4, 0.5) is 0 Å². The maximum Gasteiger partial charge on any atom is 0.191 e. The number of nitrogens with zero attached hydrogens (tertiary/aromatic N) is 1. The Kier molecular flexibility index (Phi) is 8.28. The average molecular weight is 435 g/mol. The lowest BCUT2D eigenvalue weighted by Gasteiger charge is -2.18. The van der Waals surface area contributed by atoms with Gasteiger partial charge in [-0.25, -0.2) is 0 Å². The summed E-state index contributed by atoms with van der Waals surface area (Å²) in [4.78, 5) is 7.01. The Hall–Kier alpha value is -0.600. The van der Waals surface area contributed by atoms with Crippen molar-refractivity contribution in [2.75, 3.05) is 13.6 Å². The topological polar surface area (TPSA) is 36.4 Å². The van der Waals surface area contributed by atoms with E-state index in [4.69, 9.17) is 0 Å². The monoisotopic (exact) mass is 435 g/mol. The first kappa shape index (κ1) is 18.4. The van der Waals surface area contributed by atoms with E-state index < -0.39 is 0 Å². The molecular formula is C15H22IN3S2. The smallest absolute Gasteiger partial charge is 0.191 e. The lowest BCUT2D eigenvalue weighted by atomic mass is 10.1. The largest absolute Gasteiger partial charge is 0.356 e. The van der Waals surface area contributed by atoms with E-state index in [0.29, 0.717) is 5.92 Å². The van der Waals surface area contributed by atoms with Crippen LogP contribution in [-0.2, 0) is 0 Å². The first-order valence-electron chi connectivity index (χ1n) is 6.74. The summed E-state index contributed by atoms with van der Waals surface area (Å²) in [7, 11) is 1.81. The Morgan fingerprint density at radius 3 is 2.29 bits per heavy atom. The van der Waals surface area contributed by atoms with Gasteiger partial charge in [-0.05, 0) is 29.8 Å². The zero-order chi connectivity index (χ0) is 14.4. The molecule has 0 aromatic carbocycles. The van der Waals surface area contributed by atoms with E-state index in [0.717, 1.165) is 12.5 Å². The molecule has 0 spiro atoms. The Bertz CT molecular complexity index is 523. The van der Waals surface area contributed by atoms with Crippen molar-refractivity contribution >= 4 is 52.6 Å². The lowest BCUT2D eigenvalue weighted by Crippen LogP contribution is -2.40. The maximum absolute atomic E-state index is 4.29. The van der Waals surface area contributed by atoms with Crippen LogP contribution < -0.4 is 10.6 Å². The summed E-state index contributed by atoms with van der Waals surface area (Å²) in [5, 5.41) is 11.0. The van der Waals surface area contributed by atoms with Crippen molar-refractivity contribution in [2.45, 2.75) is 25.8 Å². The molecule has 3 nitrogen and oxygen atoms in total. The standard InChI is InChI=1S/C15H21N3S2.HI/c1-11(13-6-4-8-19-13)10-17-15(16-3)18-12(2)14-7-5-9-20-14;/h4-9,11-12H,10H2,1-3H3,(H2,16,17,18);1H. The number of aliphatic imine (C=N–C) groups is 1. The van der Waals surface area contributed by atoms with Gasteiger partial charge >= 0.3 is 0 Å². The van der Waals surface area contributed by atoms with Gasteiger partial charge in [0.25, 0.3) is 0 Å². The number of hydrogen-bond donors (Lipinski definition) is 2. The van der Waals surface area contributed by atoms with E-state index in [-0.39, 0.29) is 30.0 Å². The van der Waals surface area contributed by atoms with Gasteiger partial charge < -0.3 is 10.6 Å². The van der Waals surface area contributed by atoms with E-state index in [1.807, 2.05) is 7.05 Å². The summed E-state index contributed by atoms with van der Waals surface area (Å²) in [6.07, 6.45) is 0. The van der Waals surface area contributed by atoms with Gasteiger partial charge in [-0.15, -0.1) is 46.7 Å². The van der Waals surface area contributed by atoms with E-state index in [1.165, 1.54) is 9.75 Å². The Morgan fingerprint density at radius 2 is 1.76 bits per heavy atom. The summed E-state index contributed by atoms with van der Waals surface area (Å²) in [6.45, 7) is 5.27. The van der Waals surface area contributed by atoms with Gasteiger partial charge in [0.05, 0.1) is 6.04 Å². The molecule has 21 heavy (non-hydrogen) atoms. The molecule has 2 rings (SSSR count). The fourth-order valence-electron chi connectivity index (χ4n) is 1.93. The predicted octanol–water partition coefficient (Wildman–Crippen LogP) is 4.46. The summed E-state index contributed by atoms with van der Waals surface area (Å²) in [6, 6.07) is 8.78. The highest BCUT2D eigenvalue weighted by atomic mass is 127. The molecule has 0 fully saturated rings. The Labute approximate surface area is 151 Å². The second-order valence-corrected chi connectivity index (χ2v) is 6.71. The molecule has 0 saturated heterocycles. The normalized spacial score (nSPS) is 14.1. The molecule has 2 aromatic rings. The molecule has 2 aromatic heterocycles. The molecule has 2 heterocycles. The van der Waals surface area contributed by atoms with Gasteiger partial charge in [0.2, 0.25) is 0 Å². The maximum atomic E-state index is 4.29. The number of hydrogen-bond acceptors (Lipinski definition) is 3. The summed E-state index contributed by atoms with van der Waals surface area (Å²) in [5.74, 6) is 1.35. The Balaban J connectivity index is 0.00000220. The highest BCUT2D eigenvalue weighted by Crippen LogP contribution is 2.20. The zero-order valence-corrected chi connectivity index (χ0v) is 16.5. The summed E-state index contributed by atoms with van der Waals surface area (Å²) in [5.41, 5.74) is 0. The van der Waals surface area contributed by atoms with Gasteiger partial charge in [-0.2, -0.15) is 0 Å². The minimum Gasteiger partial charge on any atom is -0.356 e. The van der Waals surface area contributed by atoms with Crippen molar-refractivity contribution in [3.63, 3.8) is 0 Å². The van der Waals surface area contributed by atoms with Crippen LogP contribution in [0.25, 0.3) is 0 Å². The molecule has 0 saturated carbocycles. The van der Waals surface area contributed by atoms with Crippen molar-refractivity contribution in [3.05, 3.63) is 44.8 Å². The number of halogens is 1. The van der Waals surface area contributed by atoms with Gasteiger partial charge in [0.1, 0.15) is 0 Å². The number of guanidine groups is 1. The fourth-order valence-corrected chi connectivity index (χ4v) is 3.45. The first-order valence-corrected chi connectivity index (χ1v) is 8.50. The number of rotatable bonds is 5. The molecule has 6 heteroatoms. The molecule has 0 radical (unpaired) electrons. The van der Waals surface area contributed by atoms with Crippen LogP contribution in [0.5, 0.6) is 0 Å².